The van der Waals surface area contributed by atoms with Crippen molar-refractivity contribution < 1.29 is 9.53 Å². The van der Waals surface area contributed by atoms with E-state index in [0.29, 0.717) is 12.0 Å². The van der Waals surface area contributed by atoms with E-state index in [1.165, 1.54) is 29.1 Å². The SMILES string of the molecule is COC(=O)C1CN(C)C2Cc3c[nH]c4cccc(c34)C23CC13. The molecular formula is C18H20N2O2. The largest absolute Gasteiger partial charge is 0.469 e. The fraction of sp³-hybridized carbons (Fsp3) is 0.500. The molecule has 1 saturated carbocycles. The highest BCUT2D eigenvalue weighted by molar-refractivity contribution is 5.90. The molecule has 1 spiro atoms. The summed E-state index contributed by atoms with van der Waals surface area (Å²) >= 11 is 0. The number of likely N-dealkylation sites (tertiary alicyclic amines) is 1. The van der Waals surface area contributed by atoms with E-state index in [1.807, 2.05) is 0 Å². The third-order valence-corrected chi connectivity index (χ3v) is 6.36. The Labute approximate surface area is 129 Å². The van der Waals surface area contributed by atoms with Crippen LogP contribution in [0.2, 0.25) is 0 Å². The van der Waals surface area contributed by atoms with E-state index < -0.39 is 0 Å². The molecule has 3 aliphatic rings. The van der Waals surface area contributed by atoms with Crippen LogP contribution in [-0.2, 0) is 21.4 Å². The highest BCUT2D eigenvalue weighted by atomic mass is 16.5. The number of likely N-dealkylation sites (N-methyl/N-ethyl adjacent to an activating group) is 1. The third kappa shape index (κ3) is 1.30. The Hall–Kier alpha value is -1.81. The van der Waals surface area contributed by atoms with Crippen LogP contribution in [0, 0.1) is 11.8 Å². The van der Waals surface area contributed by atoms with Crippen molar-refractivity contribution in [1.82, 2.24) is 9.88 Å². The highest BCUT2D eigenvalue weighted by Crippen LogP contribution is 2.66. The molecule has 114 valence electrons. The number of nitrogens with zero attached hydrogens (tertiary/aromatic N) is 1. The number of nitrogens with one attached hydrogen (secondary N) is 1. The summed E-state index contributed by atoms with van der Waals surface area (Å²) in [6.45, 7) is 0.819. The van der Waals surface area contributed by atoms with E-state index in [2.05, 4.69) is 41.3 Å². The van der Waals surface area contributed by atoms with Gasteiger partial charge in [-0.1, -0.05) is 12.1 Å². The average Bonchev–Trinajstić information content (AvgIpc) is 3.14. The summed E-state index contributed by atoms with van der Waals surface area (Å²) in [6, 6.07) is 7.08. The summed E-state index contributed by atoms with van der Waals surface area (Å²) in [7, 11) is 3.67. The maximum atomic E-state index is 12.2. The fourth-order valence-corrected chi connectivity index (χ4v) is 5.38. The monoisotopic (exact) mass is 296 g/mol. The van der Waals surface area contributed by atoms with Gasteiger partial charge in [0.15, 0.2) is 0 Å². The zero-order valence-electron chi connectivity index (χ0n) is 12.9. The van der Waals surface area contributed by atoms with Gasteiger partial charge in [0.25, 0.3) is 0 Å². The van der Waals surface area contributed by atoms with Crippen LogP contribution in [0.4, 0.5) is 0 Å². The number of methoxy groups -OCH3 is 1. The van der Waals surface area contributed by atoms with Crippen LogP contribution in [0.1, 0.15) is 17.5 Å². The van der Waals surface area contributed by atoms with Gasteiger partial charge in [0.2, 0.25) is 0 Å². The van der Waals surface area contributed by atoms with Crippen molar-refractivity contribution in [1.29, 1.82) is 0 Å². The molecule has 1 aliphatic heterocycles. The molecule has 0 radical (unpaired) electrons. The molecule has 2 heterocycles. The molecule has 1 saturated heterocycles. The summed E-state index contributed by atoms with van der Waals surface area (Å²) in [5, 5.41) is 1.40. The molecule has 4 heteroatoms. The quantitative estimate of drug-likeness (QED) is 0.820. The topological polar surface area (TPSA) is 45.3 Å². The van der Waals surface area contributed by atoms with E-state index in [4.69, 9.17) is 4.74 Å². The Morgan fingerprint density at radius 3 is 3.14 bits per heavy atom. The Morgan fingerprint density at radius 2 is 2.32 bits per heavy atom. The molecule has 4 nitrogen and oxygen atoms in total. The van der Waals surface area contributed by atoms with Crippen molar-refractivity contribution in [3.63, 3.8) is 0 Å². The second-order valence-corrected chi connectivity index (χ2v) is 7.18. The zero-order chi connectivity index (χ0) is 15.1. The van der Waals surface area contributed by atoms with Gasteiger partial charge in [-0.2, -0.15) is 0 Å². The third-order valence-electron chi connectivity index (χ3n) is 6.36. The van der Waals surface area contributed by atoms with Crippen molar-refractivity contribution in [3.05, 3.63) is 35.5 Å². The number of aromatic amines is 1. The maximum absolute atomic E-state index is 12.2. The van der Waals surface area contributed by atoms with Crippen LogP contribution in [0.3, 0.4) is 0 Å². The van der Waals surface area contributed by atoms with E-state index in [-0.39, 0.29) is 17.3 Å². The lowest BCUT2D eigenvalue weighted by Crippen LogP contribution is -2.53. The molecule has 0 amide bonds. The first-order valence-corrected chi connectivity index (χ1v) is 8.04. The number of H-pyrrole nitrogens is 1. The van der Waals surface area contributed by atoms with Gasteiger partial charge in [0.1, 0.15) is 0 Å². The lowest BCUT2D eigenvalue weighted by molar-refractivity contribution is -0.148. The van der Waals surface area contributed by atoms with E-state index in [0.717, 1.165) is 19.4 Å². The number of piperidine rings is 1. The number of ether oxygens (including phenoxy) is 1. The Balaban J connectivity index is 1.70. The summed E-state index contributed by atoms with van der Waals surface area (Å²) in [4.78, 5) is 18.0. The predicted molar refractivity (Wildman–Crippen MR) is 83.7 cm³/mol. The minimum atomic E-state index is -0.0424. The smallest absolute Gasteiger partial charge is 0.310 e. The minimum Gasteiger partial charge on any atom is -0.469 e. The Kier molecular flexibility index (Phi) is 2.27. The summed E-state index contributed by atoms with van der Waals surface area (Å²) in [5.74, 6) is 0.413. The number of aromatic nitrogens is 1. The summed E-state index contributed by atoms with van der Waals surface area (Å²) in [6.07, 6.45) is 4.36. The van der Waals surface area contributed by atoms with Gasteiger partial charge in [0, 0.05) is 35.1 Å². The fourth-order valence-electron chi connectivity index (χ4n) is 5.38. The van der Waals surface area contributed by atoms with Crippen molar-refractivity contribution in [3.8, 4) is 0 Å². The van der Waals surface area contributed by atoms with Crippen LogP contribution in [-0.4, -0.2) is 42.6 Å². The first kappa shape index (κ1) is 12.7. The average molecular weight is 296 g/mol. The zero-order valence-corrected chi connectivity index (χ0v) is 12.9. The van der Waals surface area contributed by atoms with Gasteiger partial charge in [-0.05, 0) is 43.0 Å². The van der Waals surface area contributed by atoms with Crippen LogP contribution in [0.5, 0.6) is 0 Å². The molecule has 1 aromatic carbocycles. The molecule has 2 aromatic rings. The standard InChI is InChI=1S/C18H20N2O2/c1-20-9-11(17(21)22-2)13-7-18(13)12-4-3-5-14-16(12)10(8-19-14)6-15(18)20/h3-5,8,11,13,15,19H,6-7,9H2,1-2H3. The van der Waals surface area contributed by atoms with Gasteiger partial charge in [-0.25, -0.2) is 0 Å². The molecule has 5 rings (SSSR count). The first-order valence-electron chi connectivity index (χ1n) is 8.04. The van der Waals surface area contributed by atoms with Crippen LogP contribution >= 0.6 is 0 Å². The molecule has 1 N–H and O–H groups in total. The second kappa shape index (κ2) is 3.93. The number of hydrogen-bond donors (Lipinski definition) is 1. The van der Waals surface area contributed by atoms with Gasteiger partial charge < -0.3 is 14.6 Å². The number of carbonyl (C=O) groups is 1. The highest BCUT2D eigenvalue weighted by Gasteiger charge is 2.69. The molecule has 1 aromatic heterocycles. The van der Waals surface area contributed by atoms with Gasteiger partial charge >= 0.3 is 5.97 Å². The van der Waals surface area contributed by atoms with Gasteiger partial charge in [-0.3, -0.25) is 4.79 Å². The predicted octanol–water partition coefficient (Wildman–Crippen LogP) is 2.08. The Morgan fingerprint density at radius 1 is 1.45 bits per heavy atom. The number of carbonyl (C=O) groups excluding carboxylic acids is 1. The molecule has 4 atom stereocenters. The van der Waals surface area contributed by atoms with Crippen LogP contribution < -0.4 is 0 Å². The van der Waals surface area contributed by atoms with Gasteiger partial charge in [-0.15, -0.1) is 0 Å². The normalized spacial score (nSPS) is 35.8. The van der Waals surface area contributed by atoms with Crippen molar-refractivity contribution >= 4 is 16.9 Å². The molecule has 22 heavy (non-hydrogen) atoms. The Bertz CT molecular complexity index is 795. The minimum absolute atomic E-state index is 0.0157. The van der Waals surface area contributed by atoms with Crippen molar-refractivity contribution in [2.45, 2.75) is 24.3 Å². The molecule has 2 aliphatic carbocycles. The number of benzene rings is 1. The maximum Gasteiger partial charge on any atom is 0.310 e. The van der Waals surface area contributed by atoms with Crippen molar-refractivity contribution in [2.75, 3.05) is 20.7 Å². The van der Waals surface area contributed by atoms with Crippen LogP contribution in [0.15, 0.2) is 24.4 Å². The number of esters is 1. The van der Waals surface area contributed by atoms with Crippen LogP contribution in [0.25, 0.3) is 10.9 Å². The van der Waals surface area contributed by atoms with Crippen molar-refractivity contribution in [2.24, 2.45) is 11.8 Å². The second-order valence-electron chi connectivity index (χ2n) is 7.18. The summed E-state index contributed by atoms with van der Waals surface area (Å²) in [5.41, 5.74) is 4.26. The molecular weight excluding hydrogens is 276 g/mol. The molecule has 4 unspecified atom stereocenters. The summed E-state index contributed by atoms with van der Waals surface area (Å²) < 4.78 is 5.07. The number of hydrogen-bond acceptors (Lipinski definition) is 3. The van der Waals surface area contributed by atoms with E-state index in [9.17, 15) is 4.79 Å². The van der Waals surface area contributed by atoms with Gasteiger partial charge in [0.05, 0.1) is 13.0 Å². The first-order chi connectivity index (χ1) is 10.7. The van der Waals surface area contributed by atoms with E-state index >= 15 is 0 Å². The molecule has 2 fully saturated rings. The molecule has 0 bridgehead atoms. The lowest BCUT2D eigenvalue weighted by atomic mass is 9.71. The van der Waals surface area contributed by atoms with E-state index in [1.54, 1.807) is 0 Å². The lowest BCUT2D eigenvalue weighted by Gasteiger charge is -2.45. The number of rotatable bonds is 1.